The van der Waals surface area contributed by atoms with Gasteiger partial charge >= 0.3 is 6.09 Å². The standard InChI is InChI=1S/C9H17N3O3/c1-3-6-15-9(14)12(2)8(13)7(11)4-5-10/h3,7H,1,4-6,10-11H2,2H3/t7-/m0/s1. The summed E-state index contributed by atoms with van der Waals surface area (Å²) in [5, 5.41) is 0. The van der Waals surface area contributed by atoms with Gasteiger partial charge in [-0.15, -0.1) is 0 Å². The van der Waals surface area contributed by atoms with Gasteiger partial charge in [-0.3, -0.25) is 4.79 Å². The second kappa shape index (κ2) is 6.97. The number of likely N-dealkylation sites (N-methyl/N-ethyl adjacent to an activating group) is 1. The van der Waals surface area contributed by atoms with Crippen LogP contribution >= 0.6 is 0 Å². The molecule has 0 unspecified atom stereocenters. The molecular formula is C9H17N3O3. The van der Waals surface area contributed by atoms with Crippen LogP contribution in [0.25, 0.3) is 0 Å². The van der Waals surface area contributed by atoms with Crippen molar-refractivity contribution in [3.8, 4) is 0 Å². The molecule has 2 amide bonds. The molecule has 0 saturated heterocycles. The van der Waals surface area contributed by atoms with E-state index >= 15 is 0 Å². The Morgan fingerprint density at radius 3 is 2.67 bits per heavy atom. The molecule has 0 radical (unpaired) electrons. The van der Waals surface area contributed by atoms with Gasteiger partial charge in [-0.2, -0.15) is 0 Å². The van der Waals surface area contributed by atoms with Crippen LogP contribution in [0.2, 0.25) is 0 Å². The number of carbonyl (C=O) groups excluding carboxylic acids is 2. The lowest BCUT2D eigenvalue weighted by Crippen LogP contribution is -2.45. The van der Waals surface area contributed by atoms with E-state index < -0.39 is 18.0 Å². The van der Waals surface area contributed by atoms with Gasteiger partial charge in [0.1, 0.15) is 6.61 Å². The van der Waals surface area contributed by atoms with Gasteiger partial charge in [0.15, 0.2) is 0 Å². The van der Waals surface area contributed by atoms with Crippen molar-refractivity contribution in [2.75, 3.05) is 20.2 Å². The van der Waals surface area contributed by atoms with E-state index in [2.05, 4.69) is 11.3 Å². The number of imide groups is 1. The summed E-state index contributed by atoms with van der Waals surface area (Å²) in [7, 11) is 1.31. The molecular weight excluding hydrogens is 198 g/mol. The van der Waals surface area contributed by atoms with Gasteiger partial charge in [0.05, 0.1) is 6.04 Å². The summed E-state index contributed by atoms with van der Waals surface area (Å²) < 4.78 is 4.66. The van der Waals surface area contributed by atoms with Crippen LogP contribution in [0.5, 0.6) is 0 Å². The highest BCUT2D eigenvalue weighted by Gasteiger charge is 2.23. The second-order valence-electron chi connectivity index (χ2n) is 2.95. The molecule has 0 heterocycles. The van der Waals surface area contributed by atoms with Crippen LogP contribution in [0.4, 0.5) is 4.79 Å². The normalized spacial score (nSPS) is 11.7. The van der Waals surface area contributed by atoms with Crippen molar-refractivity contribution >= 4 is 12.0 Å². The van der Waals surface area contributed by atoms with E-state index in [0.29, 0.717) is 13.0 Å². The van der Waals surface area contributed by atoms with Gasteiger partial charge in [-0.1, -0.05) is 12.7 Å². The number of amides is 2. The largest absolute Gasteiger partial charge is 0.445 e. The average Bonchev–Trinajstić information content (AvgIpc) is 2.24. The van der Waals surface area contributed by atoms with Gasteiger partial charge in [0.2, 0.25) is 5.91 Å². The molecule has 6 nitrogen and oxygen atoms in total. The van der Waals surface area contributed by atoms with Crippen molar-refractivity contribution in [1.29, 1.82) is 0 Å². The quantitative estimate of drug-likeness (QED) is 0.599. The molecule has 0 aliphatic heterocycles. The fourth-order valence-corrected chi connectivity index (χ4v) is 0.869. The molecule has 0 aliphatic rings. The van der Waals surface area contributed by atoms with Crippen molar-refractivity contribution in [1.82, 2.24) is 4.90 Å². The fraction of sp³-hybridized carbons (Fsp3) is 0.556. The maximum Gasteiger partial charge on any atom is 0.416 e. The van der Waals surface area contributed by atoms with E-state index in [0.717, 1.165) is 4.90 Å². The van der Waals surface area contributed by atoms with E-state index in [9.17, 15) is 9.59 Å². The summed E-state index contributed by atoms with van der Waals surface area (Å²) in [5.41, 5.74) is 10.7. The third-order valence-corrected chi connectivity index (χ3v) is 1.72. The lowest BCUT2D eigenvalue weighted by Gasteiger charge is -2.18. The molecule has 4 N–H and O–H groups in total. The van der Waals surface area contributed by atoms with Gasteiger partial charge in [0.25, 0.3) is 0 Å². The maximum atomic E-state index is 11.5. The first-order valence-corrected chi connectivity index (χ1v) is 4.55. The number of nitrogens with zero attached hydrogens (tertiary/aromatic N) is 1. The molecule has 0 saturated carbocycles. The minimum Gasteiger partial charge on any atom is -0.445 e. The first kappa shape index (κ1) is 13.6. The third-order valence-electron chi connectivity index (χ3n) is 1.72. The zero-order valence-corrected chi connectivity index (χ0v) is 8.81. The summed E-state index contributed by atoms with van der Waals surface area (Å²) in [6.07, 6.45) is 1.00. The van der Waals surface area contributed by atoms with E-state index in [1.54, 1.807) is 0 Å². The molecule has 6 heteroatoms. The molecule has 0 spiro atoms. The van der Waals surface area contributed by atoms with Gasteiger partial charge in [-0.05, 0) is 13.0 Å². The van der Waals surface area contributed by atoms with E-state index in [-0.39, 0.29) is 6.61 Å². The summed E-state index contributed by atoms with van der Waals surface area (Å²) in [6, 6.07) is -0.767. The summed E-state index contributed by atoms with van der Waals surface area (Å²) >= 11 is 0. The number of hydrogen-bond donors (Lipinski definition) is 2. The first-order valence-electron chi connectivity index (χ1n) is 4.55. The van der Waals surface area contributed by atoms with Crippen molar-refractivity contribution in [2.24, 2.45) is 11.5 Å². The molecule has 15 heavy (non-hydrogen) atoms. The number of hydrogen-bond acceptors (Lipinski definition) is 5. The number of rotatable bonds is 5. The van der Waals surface area contributed by atoms with Crippen LogP contribution in [0.1, 0.15) is 6.42 Å². The van der Waals surface area contributed by atoms with Crippen LogP contribution in [0.15, 0.2) is 12.7 Å². The highest BCUT2D eigenvalue weighted by atomic mass is 16.6. The number of nitrogens with two attached hydrogens (primary N) is 2. The monoisotopic (exact) mass is 215 g/mol. The second-order valence-corrected chi connectivity index (χ2v) is 2.95. The van der Waals surface area contributed by atoms with Gasteiger partial charge in [-0.25, -0.2) is 9.69 Å². The summed E-state index contributed by atoms with van der Waals surface area (Å²) in [5.74, 6) is -0.505. The molecule has 0 aromatic heterocycles. The highest BCUT2D eigenvalue weighted by molar-refractivity contribution is 5.94. The highest BCUT2D eigenvalue weighted by Crippen LogP contribution is 1.97. The predicted molar refractivity (Wildman–Crippen MR) is 56.0 cm³/mol. The Kier molecular flexibility index (Phi) is 6.32. The molecule has 0 aliphatic carbocycles. The number of ether oxygens (including phenoxy) is 1. The van der Waals surface area contributed by atoms with Crippen LogP contribution in [-0.2, 0) is 9.53 Å². The lowest BCUT2D eigenvalue weighted by molar-refractivity contribution is -0.129. The smallest absolute Gasteiger partial charge is 0.416 e. The van der Waals surface area contributed by atoms with Crippen LogP contribution in [0, 0.1) is 0 Å². The number of carbonyl (C=O) groups is 2. The van der Waals surface area contributed by atoms with Gasteiger partial charge in [0, 0.05) is 7.05 Å². The Bertz CT molecular complexity index is 243. The van der Waals surface area contributed by atoms with E-state index in [4.69, 9.17) is 11.5 Å². The van der Waals surface area contributed by atoms with Crippen LogP contribution in [-0.4, -0.2) is 43.1 Å². The Hall–Kier alpha value is -1.40. The topological polar surface area (TPSA) is 98.6 Å². The van der Waals surface area contributed by atoms with Crippen LogP contribution < -0.4 is 11.5 Å². The molecule has 0 fully saturated rings. The zero-order valence-electron chi connectivity index (χ0n) is 8.81. The van der Waals surface area contributed by atoms with Crippen molar-refractivity contribution in [3.05, 3.63) is 12.7 Å². The van der Waals surface area contributed by atoms with E-state index in [1.165, 1.54) is 13.1 Å². The van der Waals surface area contributed by atoms with Gasteiger partial charge < -0.3 is 16.2 Å². The first-order chi connectivity index (χ1) is 7.04. The maximum absolute atomic E-state index is 11.5. The Morgan fingerprint density at radius 1 is 1.60 bits per heavy atom. The predicted octanol–water partition coefficient (Wildman–Crippen LogP) is -0.556. The SMILES string of the molecule is C=CCOC(=O)N(C)C(=O)[C@@H](N)CCN. The van der Waals surface area contributed by atoms with Crippen molar-refractivity contribution in [3.63, 3.8) is 0 Å². The molecule has 0 aromatic carbocycles. The molecule has 86 valence electrons. The molecule has 1 atom stereocenters. The zero-order chi connectivity index (χ0) is 11.8. The molecule has 0 rings (SSSR count). The van der Waals surface area contributed by atoms with Crippen molar-refractivity contribution in [2.45, 2.75) is 12.5 Å². The summed E-state index contributed by atoms with van der Waals surface area (Å²) in [4.78, 5) is 23.5. The van der Waals surface area contributed by atoms with E-state index in [1.807, 2.05) is 0 Å². The minimum atomic E-state index is -0.767. The Morgan fingerprint density at radius 2 is 2.20 bits per heavy atom. The fourth-order valence-electron chi connectivity index (χ4n) is 0.869. The lowest BCUT2D eigenvalue weighted by atomic mass is 10.2. The van der Waals surface area contributed by atoms with Crippen LogP contribution in [0.3, 0.4) is 0 Å². The average molecular weight is 215 g/mol. The summed E-state index contributed by atoms with van der Waals surface area (Å²) in [6.45, 7) is 3.73. The molecule has 0 bridgehead atoms. The minimum absolute atomic E-state index is 0.0581. The third kappa shape index (κ3) is 4.57. The Labute approximate surface area is 88.8 Å². The Balaban J connectivity index is 4.17. The van der Waals surface area contributed by atoms with Crippen molar-refractivity contribution < 1.29 is 14.3 Å². The molecule has 0 aromatic rings.